The number of nitrogens with one attached hydrogen (secondary N) is 1. The van der Waals surface area contributed by atoms with Crippen molar-refractivity contribution in [3.8, 4) is 5.75 Å². The molecule has 0 saturated carbocycles. The van der Waals surface area contributed by atoms with E-state index in [0.717, 1.165) is 11.1 Å². The second kappa shape index (κ2) is 10.5. The van der Waals surface area contributed by atoms with E-state index >= 15 is 0 Å². The minimum absolute atomic E-state index is 0.0591. The van der Waals surface area contributed by atoms with Gasteiger partial charge >= 0.3 is 0 Å². The summed E-state index contributed by atoms with van der Waals surface area (Å²) in [7, 11) is -3.23. The lowest BCUT2D eigenvalue weighted by atomic mass is 10.1. The third-order valence-electron chi connectivity index (χ3n) is 5.47. The molecule has 1 amide bonds. The van der Waals surface area contributed by atoms with Crippen LogP contribution in [0.4, 0.5) is 10.1 Å². The summed E-state index contributed by atoms with van der Waals surface area (Å²) in [4.78, 5) is 12.6. The smallest absolute Gasteiger partial charge is 0.244 e. The molecule has 8 heteroatoms. The first-order valence-corrected chi connectivity index (χ1v) is 12.5. The van der Waals surface area contributed by atoms with E-state index in [4.69, 9.17) is 4.74 Å². The van der Waals surface area contributed by atoms with Gasteiger partial charge in [-0.05, 0) is 47.9 Å². The number of carbonyl (C=O) groups excluding carboxylic acids is 1. The first kappa shape index (κ1) is 23.5. The standard InChI is InChI=1S/C26H25FN2O4S/c27-23-9-4-5-10-25(23)33-19-24(21-7-2-1-3-8-21)28-26(30)16-13-20-11-14-22(15-12-20)29-17-6-18-34(29,31)32/h1-5,7-16,24H,6,17-19H2,(H,28,30). The molecule has 0 aromatic heterocycles. The lowest BCUT2D eigenvalue weighted by Crippen LogP contribution is -2.31. The van der Waals surface area contributed by atoms with E-state index in [1.165, 1.54) is 22.5 Å². The zero-order chi connectivity index (χ0) is 24.0. The highest BCUT2D eigenvalue weighted by Crippen LogP contribution is 2.24. The fourth-order valence-electron chi connectivity index (χ4n) is 3.71. The normalized spacial score (nSPS) is 15.9. The molecular weight excluding hydrogens is 455 g/mol. The number of benzene rings is 3. The minimum atomic E-state index is -3.23. The Hall–Kier alpha value is -3.65. The second-order valence-corrected chi connectivity index (χ2v) is 9.89. The van der Waals surface area contributed by atoms with Crippen molar-refractivity contribution >= 4 is 27.7 Å². The lowest BCUT2D eigenvalue weighted by molar-refractivity contribution is -0.117. The Morgan fingerprint density at radius 2 is 1.74 bits per heavy atom. The van der Waals surface area contributed by atoms with Crippen molar-refractivity contribution in [1.29, 1.82) is 0 Å². The number of halogens is 1. The van der Waals surface area contributed by atoms with Crippen LogP contribution in [0.3, 0.4) is 0 Å². The van der Waals surface area contributed by atoms with Crippen LogP contribution in [-0.4, -0.2) is 33.2 Å². The van der Waals surface area contributed by atoms with Crippen LogP contribution in [0.15, 0.2) is 84.9 Å². The number of hydrogen-bond donors (Lipinski definition) is 1. The van der Waals surface area contributed by atoms with Crippen LogP contribution in [0.2, 0.25) is 0 Å². The molecule has 1 heterocycles. The van der Waals surface area contributed by atoms with Crippen LogP contribution < -0.4 is 14.4 Å². The van der Waals surface area contributed by atoms with E-state index in [1.54, 1.807) is 42.5 Å². The highest BCUT2D eigenvalue weighted by molar-refractivity contribution is 7.93. The van der Waals surface area contributed by atoms with Gasteiger partial charge in [-0.1, -0.05) is 54.6 Å². The molecule has 3 aromatic carbocycles. The Morgan fingerprint density at radius 1 is 1.03 bits per heavy atom. The van der Waals surface area contributed by atoms with Crippen LogP contribution in [0.1, 0.15) is 23.6 Å². The Labute approximate surface area is 198 Å². The SMILES string of the molecule is O=C(C=Cc1ccc(N2CCCS2(=O)=O)cc1)NC(COc1ccccc1F)c1ccccc1. The van der Waals surface area contributed by atoms with Crippen molar-refractivity contribution in [3.05, 3.63) is 102 Å². The zero-order valence-electron chi connectivity index (χ0n) is 18.4. The maximum atomic E-state index is 13.9. The molecule has 1 fully saturated rings. The molecule has 34 heavy (non-hydrogen) atoms. The molecule has 0 bridgehead atoms. The molecule has 1 unspecified atom stereocenters. The fraction of sp³-hybridized carbons (Fsp3) is 0.192. The molecule has 176 valence electrons. The van der Waals surface area contributed by atoms with E-state index in [1.807, 2.05) is 30.3 Å². The average Bonchev–Trinajstić information content (AvgIpc) is 3.21. The van der Waals surface area contributed by atoms with Crippen LogP contribution in [-0.2, 0) is 14.8 Å². The predicted molar refractivity (Wildman–Crippen MR) is 130 cm³/mol. The van der Waals surface area contributed by atoms with Crippen molar-refractivity contribution in [2.75, 3.05) is 23.2 Å². The Morgan fingerprint density at radius 3 is 2.41 bits per heavy atom. The van der Waals surface area contributed by atoms with Crippen molar-refractivity contribution < 1.29 is 22.3 Å². The van der Waals surface area contributed by atoms with Gasteiger partial charge in [0.15, 0.2) is 11.6 Å². The van der Waals surface area contributed by atoms with E-state index in [9.17, 15) is 17.6 Å². The van der Waals surface area contributed by atoms with Gasteiger partial charge in [-0.25, -0.2) is 12.8 Å². The van der Waals surface area contributed by atoms with Gasteiger partial charge in [-0.15, -0.1) is 0 Å². The molecule has 1 N–H and O–H groups in total. The first-order chi connectivity index (χ1) is 16.4. The number of ether oxygens (including phenoxy) is 1. The summed E-state index contributed by atoms with van der Waals surface area (Å²) in [5.74, 6) is -0.519. The van der Waals surface area contributed by atoms with Gasteiger partial charge in [0.2, 0.25) is 15.9 Å². The number of sulfonamides is 1. The second-order valence-electron chi connectivity index (χ2n) is 7.88. The summed E-state index contributed by atoms with van der Waals surface area (Å²) in [5, 5.41) is 2.90. The Balaban J connectivity index is 1.41. The van der Waals surface area contributed by atoms with Gasteiger partial charge in [0.25, 0.3) is 0 Å². The van der Waals surface area contributed by atoms with E-state index in [-0.39, 0.29) is 24.0 Å². The molecule has 1 saturated heterocycles. The highest BCUT2D eigenvalue weighted by atomic mass is 32.2. The molecule has 4 rings (SSSR count). The molecule has 0 aliphatic carbocycles. The molecule has 1 atom stereocenters. The highest BCUT2D eigenvalue weighted by Gasteiger charge is 2.28. The fourth-order valence-corrected chi connectivity index (χ4v) is 5.28. The van der Waals surface area contributed by atoms with Gasteiger partial charge in [0.05, 0.1) is 17.5 Å². The summed E-state index contributed by atoms with van der Waals surface area (Å²) in [6.45, 7) is 0.541. The summed E-state index contributed by atoms with van der Waals surface area (Å²) in [6.07, 6.45) is 3.67. The van der Waals surface area contributed by atoms with E-state index < -0.39 is 21.9 Å². The maximum Gasteiger partial charge on any atom is 0.244 e. The zero-order valence-corrected chi connectivity index (χ0v) is 19.2. The molecule has 0 radical (unpaired) electrons. The Kier molecular flexibility index (Phi) is 7.27. The lowest BCUT2D eigenvalue weighted by Gasteiger charge is -2.19. The topological polar surface area (TPSA) is 75.7 Å². The molecule has 1 aliphatic heterocycles. The van der Waals surface area contributed by atoms with Crippen LogP contribution in [0, 0.1) is 5.82 Å². The molecule has 6 nitrogen and oxygen atoms in total. The summed E-state index contributed by atoms with van der Waals surface area (Å²) in [5.41, 5.74) is 2.21. The van der Waals surface area contributed by atoms with Crippen LogP contribution in [0.25, 0.3) is 6.08 Å². The largest absolute Gasteiger partial charge is 0.488 e. The number of amides is 1. The number of carbonyl (C=O) groups is 1. The Bertz CT molecular complexity index is 1260. The summed E-state index contributed by atoms with van der Waals surface area (Å²) in [6, 6.07) is 21.9. The van der Waals surface area contributed by atoms with Gasteiger partial charge in [0.1, 0.15) is 6.61 Å². The quantitative estimate of drug-likeness (QED) is 0.488. The predicted octanol–water partition coefficient (Wildman–Crippen LogP) is 4.32. The van der Waals surface area contributed by atoms with Gasteiger partial charge < -0.3 is 10.1 Å². The number of para-hydroxylation sites is 1. The van der Waals surface area contributed by atoms with Crippen molar-refractivity contribution in [1.82, 2.24) is 5.32 Å². The minimum Gasteiger partial charge on any atom is -0.488 e. The molecule has 1 aliphatic rings. The summed E-state index contributed by atoms with van der Waals surface area (Å²) < 4.78 is 45.1. The van der Waals surface area contributed by atoms with Crippen LogP contribution in [0.5, 0.6) is 5.75 Å². The van der Waals surface area contributed by atoms with Gasteiger partial charge in [-0.3, -0.25) is 9.10 Å². The number of rotatable bonds is 8. The van der Waals surface area contributed by atoms with Crippen molar-refractivity contribution in [2.24, 2.45) is 0 Å². The summed E-state index contributed by atoms with van der Waals surface area (Å²) >= 11 is 0. The first-order valence-electron chi connectivity index (χ1n) is 10.9. The maximum absolute atomic E-state index is 13.9. The monoisotopic (exact) mass is 480 g/mol. The number of anilines is 1. The van der Waals surface area contributed by atoms with E-state index in [0.29, 0.717) is 18.7 Å². The number of hydrogen-bond acceptors (Lipinski definition) is 4. The average molecular weight is 481 g/mol. The van der Waals surface area contributed by atoms with Crippen molar-refractivity contribution in [3.63, 3.8) is 0 Å². The third kappa shape index (κ3) is 5.82. The van der Waals surface area contributed by atoms with Gasteiger partial charge in [-0.2, -0.15) is 0 Å². The van der Waals surface area contributed by atoms with Crippen LogP contribution >= 0.6 is 0 Å². The third-order valence-corrected chi connectivity index (χ3v) is 7.34. The molecular formula is C26H25FN2O4S. The van der Waals surface area contributed by atoms with Crippen molar-refractivity contribution in [2.45, 2.75) is 12.5 Å². The molecule has 3 aromatic rings. The van der Waals surface area contributed by atoms with E-state index in [2.05, 4.69) is 5.32 Å². The van der Waals surface area contributed by atoms with Gasteiger partial charge in [0, 0.05) is 12.6 Å². The molecule has 0 spiro atoms. The number of nitrogens with zero attached hydrogens (tertiary/aromatic N) is 1.